The molecule has 2 aromatic rings. The summed E-state index contributed by atoms with van der Waals surface area (Å²) in [6.45, 7) is 4.43. The van der Waals surface area contributed by atoms with Gasteiger partial charge in [0.1, 0.15) is 0 Å². The van der Waals surface area contributed by atoms with Crippen LogP contribution in [0.1, 0.15) is 34.8 Å². The minimum absolute atomic E-state index is 0. The zero-order valence-electron chi connectivity index (χ0n) is 20.0. The van der Waals surface area contributed by atoms with E-state index in [4.69, 9.17) is 0 Å². The van der Waals surface area contributed by atoms with Crippen molar-refractivity contribution in [3.63, 3.8) is 0 Å². The Morgan fingerprint density at radius 2 is 1.64 bits per heavy atom. The summed E-state index contributed by atoms with van der Waals surface area (Å²) in [4.78, 5) is 32.4. The highest BCUT2D eigenvalue weighted by molar-refractivity contribution is 14.0. The molecule has 33 heavy (non-hydrogen) atoms. The van der Waals surface area contributed by atoms with E-state index < -0.39 is 0 Å². The van der Waals surface area contributed by atoms with Crippen LogP contribution in [0.4, 0.5) is 0 Å². The second-order valence-electron chi connectivity index (χ2n) is 7.82. The van der Waals surface area contributed by atoms with E-state index >= 15 is 0 Å². The minimum Gasteiger partial charge on any atom is -0.357 e. The molecule has 2 N–H and O–H groups in total. The summed E-state index contributed by atoms with van der Waals surface area (Å²) >= 11 is 0. The van der Waals surface area contributed by atoms with Crippen LogP contribution in [0.5, 0.6) is 0 Å². The molecule has 7 nitrogen and oxygen atoms in total. The van der Waals surface area contributed by atoms with Gasteiger partial charge in [0.15, 0.2) is 5.96 Å². The number of rotatable bonds is 10. The van der Waals surface area contributed by atoms with Gasteiger partial charge in [-0.25, -0.2) is 0 Å². The highest BCUT2D eigenvalue weighted by atomic mass is 127. The SMILES string of the molecule is CCNC(=NCCC(=O)N(C)Cc1ccccc1)NCCc1cccc(C(=O)N(C)C)c1.I. The quantitative estimate of drug-likeness (QED) is 0.264. The third-order valence-electron chi connectivity index (χ3n) is 4.91. The maximum absolute atomic E-state index is 12.4. The molecule has 0 unspecified atom stereocenters. The molecule has 2 amide bonds. The van der Waals surface area contributed by atoms with Gasteiger partial charge in [0, 0.05) is 52.8 Å². The fourth-order valence-electron chi connectivity index (χ4n) is 3.18. The van der Waals surface area contributed by atoms with E-state index in [1.807, 2.05) is 68.6 Å². The first kappa shape index (κ1) is 28.4. The number of guanidine groups is 1. The number of nitrogens with one attached hydrogen (secondary N) is 2. The molecule has 0 aliphatic rings. The van der Waals surface area contributed by atoms with Gasteiger partial charge in [-0.15, -0.1) is 24.0 Å². The highest BCUT2D eigenvalue weighted by Gasteiger charge is 2.10. The summed E-state index contributed by atoms with van der Waals surface area (Å²) in [6, 6.07) is 17.6. The van der Waals surface area contributed by atoms with Crippen molar-refractivity contribution in [1.82, 2.24) is 20.4 Å². The van der Waals surface area contributed by atoms with Crippen molar-refractivity contribution < 1.29 is 9.59 Å². The lowest BCUT2D eigenvalue weighted by Crippen LogP contribution is -2.38. The van der Waals surface area contributed by atoms with Gasteiger partial charge in [-0.2, -0.15) is 0 Å². The van der Waals surface area contributed by atoms with Gasteiger partial charge >= 0.3 is 0 Å². The van der Waals surface area contributed by atoms with Crippen molar-refractivity contribution in [1.29, 1.82) is 0 Å². The first-order chi connectivity index (χ1) is 15.4. The molecule has 0 saturated carbocycles. The molecule has 0 radical (unpaired) electrons. The van der Waals surface area contributed by atoms with E-state index in [1.165, 1.54) is 0 Å². The Balaban J connectivity index is 0.00000544. The number of carbonyl (C=O) groups is 2. The second kappa shape index (κ2) is 15.3. The Bertz CT molecular complexity index is 903. The maximum Gasteiger partial charge on any atom is 0.253 e. The van der Waals surface area contributed by atoms with Crippen LogP contribution in [-0.2, 0) is 17.8 Å². The monoisotopic (exact) mass is 565 g/mol. The van der Waals surface area contributed by atoms with Crippen molar-refractivity contribution in [3.05, 3.63) is 71.3 Å². The van der Waals surface area contributed by atoms with E-state index in [9.17, 15) is 9.59 Å². The molecule has 0 aromatic heterocycles. The molecule has 0 atom stereocenters. The standard InChI is InChI=1S/C25H35N5O2.HI/c1-5-26-25(27-16-14-20-12-9-13-22(18-20)24(32)29(2)3)28-17-15-23(31)30(4)19-21-10-7-6-8-11-21;/h6-13,18H,5,14-17,19H2,1-4H3,(H2,26,27,28);1H. The van der Waals surface area contributed by atoms with Crippen molar-refractivity contribution in [2.45, 2.75) is 26.3 Å². The number of hydrogen-bond donors (Lipinski definition) is 2. The predicted molar refractivity (Wildman–Crippen MR) is 145 cm³/mol. The predicted octanol–water partition coefficient (Wildman–Crippen LogP) is 3.15. The van der Waals surface area contributed by atoms with Crippen molar-refractivity contribution in [2.75, 3.05) is 40.8 Å². The van der Waals surface area contributed by atoms with Crippen molar-refractivity contribution in [3.8, 4) is 0 Å². The fraction of sp³-hybridized carbons (Fsp3) is 0.400. The van der Waals surface area contributed by atoms with Crippen LogP contribution in [-0.4, -0.2) is 68.4 Å². The number of hydrogen-bond acceptors (Lipinski definition) is 3. The van der Waals surface area contributed by atoms with Crippen molar-refractivity contribution in [2.24, 2.45) is 4.99 Å². The zero-order valence-corrected chi connectivity index (χ0v) is 22.3. The Morgan fingerprint density at radius 1 is 0.939 bits per heavy atom. The van der Waals surface area contributed by atoms with Crippen LogP contribution in [0.25, 0.3) is 0 Å². The Labute approximate surface area is 214 Å². The van der Waals surface area contributed by atoms with E-state index in [1.54, 1.807) is 23.9 Å². The minimum atomic E-state index is -0.00314. The lowest BCUT2D eigenvalue weighted by molar-refractivity contribution is -0.130. The molecule has 2 rings (SSSR count). The number of halogens is 1. The molecule has 0 aliphatic carbocycles. The third-order valence-corrected chi connectivity index (χ3v) is 4.91. The smallest absolute Gasteiger partial charge is 0.253 e. The molecule has 2 aromatic carbocycles. The topological polar surface area (TPSA) is 77.0 Å². The van der Waals surface area contributed by atoms with Crippen molar-refractivity contribution >= 4 is 41.8 Å². The summed E-state index contributed by atoms with van der Waals surface area (Å²) in [6.07, 6.45) is 1.12. The van der Waals surface area contributed by atoms with Gasteiger partial charge in [-0.1, -0.05) is 42.5 Å². The van der Waals surface area contributed by atoms with Gasteiger partial charge in [0.2, 0.25) is 5.91 Å². The lowest BCUT2D eigenvalue weighted by Gasteiger charge is -2.17. The summed E-state index contributed by atoms with van der Waals surface area (Å²) < 4.78 is 0. The Hall–Kier alpha value is -2.62. The van der Waals surface area contributed by atoms with E-state index in [2.05, 4.69) is 15.6 Å². The summed E-state index contributed by atoms with van der Waals surface area (Å²) in [5, 5.41) is 6.51. The molecule has 0 spiro atoms. The average molecular weight is 566 g/mol. The summed E-state index contributed by atoms with van der Waals surface area (Å²) in [5.41, 5.74) is 2.88. The van der Waals surface area contributed by atoms with E-state index in [-0.39, 0.29) is 35.8 Å². The number of benzene rings is 2. The fourth-order valence-corrected chi connectivity index (χ4v) is 3.18. The van der Waals surface area contributed by atoms with Gasteiger partial charge in [0.05, 0.1) is 6.54 Å². The van der Waals surface area contributed by atoms with Gasteiger partial charge in [0.25, 0.3) is 5.91 Å². The average Bonchev–Trinajstić information content (AvgIpc) is 2.79. The van der Waals surface area contributed by atoms with Crippen LogP contribution in [0.3, 0.4) is 0 Å². The zero-order chi connectivity index (χ0) is 23.3. The number of aliphatic imine (C=N–C) groups is 1. The largest absolute Gasteiger partial charge is 0.357 e. The van der Waals surface area contributed by atoms with Gasteiger partial charge in [-0.05, 0) is 36.6 Å². The van der Waals surface area contributed by atoms with Gasteiger partial charge < -0.3 is 20.4 Å². The van der Waals surface area contributed by atoms with Crippen LogP contribution in [0.15, 0.2) is 59.6 Å². The summed E-state index contributed by atoms with van der Waals surface area (Å²) in [5.74, 6) is 0.749. The van der Waals surface area contributed by atoms with Crippen LogP contribution in [0.2, 0.25) is 0 Å². The van der Waals surface area contributed by atoms with E-state index in [0.29, 0.717) is 37.6 Å². The molecule has 0 bridgehead atoms. The summed E-state index contributed by atoms with van der Waals surface area (Å²) in [7, 11) is 5.32. The molecule has 0 saturated heterocycles. The third kappa shape index (κ3) is 10.2. The molecule has 180 valence electrons. The molecular formula is C25H36IN5O2. The van der Waals surface area contributed by atoms with E-state index in [0.717, 1.165) is 24.1 Å². The first-order valence-electron chi connectivity index (χ1n) is 11.0. The second-order valence-corrected chi connectivity index (χ2v) is 7.82. The number of amides is 2. The molecule has 8 heteroatoms. The number of nitrogens with zero attached hydrogens (tertiary/aromatic N) is 3. The molecule has 0 aliphatic heterocycles. The highest BCUT2D eigenvalue weighted by Crippen LogP contribution is 2.08. The lowest BCUT2D eigenvalue weighted by atomic mass is 10.1. The number of carbonyl (C=O) groups excluding carboxylic acids is 2. The Kier molecular flexibility index (Phi) is 13.1. The van der Waals surface area contributed by atoms with Crippen LogP contribution >= 0.6 is 24.0 Å². The normalized spacial score (nSPS) is 10.7. The molecule has 0 fully saturated rings. The van der Waals surface area contributed by atoms with Crippen LogP contribution in [0, 0.1) is 0 Å². The van der Waals surface area contributed by atoms with Crippen LogP contribution < -0.4 is 10.6 Å². The van der Waals surface area contributed by atoms with Gasteiger partial charge in [-0.3, -0.25) is 14.6 Å². The maximum atomic E-state index is 12.4. The first-order valence-corrected chi connectivity index (χ1v) is 11.0. The Morgan fingerprint density at radius 3 is 2.30 bits per heavy atom. The molecular weight excluding hydrogens is 529 g/mol. The molecule has 0 heterocycles.